The highest BCUT2D eigenvalue weighted by Gasteiger charge is 2.45. The molecule has 2 aromatic carbocycles. The maximum atomic E-state index is 13.2. The minimum Gasteiger partial charge on any atom is -0.496 e. The predicted molar refractivity (Wildman–Crippen MR) is 93.4 cm³/mol. The number of methoxy groups -OCH3 is 1. The van der Waals surface area contributed by atoms with Crippen molar-refractivity contribution < 1.29 is 13.2 Å². The Morgan fingerprint density at radius 1 is 1.08 bits per heavy atom. The predicted octanol–water partition coefficient (Wildman–Crippen LogP) is 2.21. The fourth-order valence-corrected chi connectivity index (χ4v) is 5.98. The summed E-state index contributed by atoms with van der Waals surface area (Å²) in [6, 6.07) is 11.0. The van der Waals surface area contributed by atoms with Gasteiger partial charge in [0.05, 0.1) is 12.0 Å². The molecule has 0 amide bonds. The van der Waals surface area contributed by atoms with Gasteiger partial charge in [-0.3, -0.25) is 0 Å². The van der Waals surface area contributed by atoms with Gasteiger partial charge in [0, 0.05) is 29.9 Å². The fourth-order valence-electron chi connectivity index (χ4n) is 4.25. The van der Waals surface area contributed by atoms with Gasteiger partial charge in [-0.05, 0) is 36.8 Å². The van der Waals surface area contributed by atoms with Crippen LogP contribution in [0.15, 0.2) is 41.3 Å². The number of hydrogen-bond donors (Lipinski definition) is 1. The first-order chi connectivity index (χ1) is 11.5. The molecule has 6 heteroatoms. The summed E-state index contributed by atoms with van der Waals surface area (Å²) in [5.41, 5.74) is 6.15. The second kappa shape index (κ2) is 5.72. The van der Waals surface area contributed by atoms with Crippen molar-refractivity contribution in [2.24, 2.45) is 17.6 Å². The van der Waals surface area contributed by atoms with Gasteiger partial charge in [-0.15, -0.1) is 0 Å². The SMILES string of the molecule is COc1ccc(S(=O)(=O)N2CC3CCC(N)C3C2)c2ccccc12. The largest absolute Gasteiger partial charge is 0.496 e. The number of benzene rings is 2. The molecule has 128 valence electrons. The van der Waals surface area contributed by atoms with Crippen LogP contribution in [0.4, 0.5) is 0 Å². The maximum Gasteiger partial charge on any atom is 0.243 e. The first-order valence-electron chi connectivity index (χ1n) is 8.34. The highest BCUT2D eigenvalue weighted by molar-refractivity contribution is 7.89. The lowest BCUT2D eigenvalue weighted by Crippen LogP contribution is -2.33. The van der Waals surface area contributed by atoms with E-state index in [9.17, 15) is 8.42 Å². The molecule has 3 unspecified atom stereocenters. The van der Waals surface area contributed by atoms with E-state index in [1.165, 1.54) is 0 Å². The molecule has 5 nitrogen and oxygen atoms in total. The zero-order valence-corrected chi connectivity index (χ0v) is 14.5. The van der Waals surface area contributed by atoms with E-state index in [2.05, 4.69) is 0 Å². The summed E-state index contributed by atoms with van der Waals surface area (Å²) in [5, 5.41) is 1.52. The molecule has 0 bridgehead atoms. The van der Waals surface area contributed by atoms with Crippen LogP contribution in [0, 0.1) is 11.8 Å². The number of ether oxygens (including phenoxy) is 1. The standard InChI is InChI=1S/C18H22N2O3S/c1-23-17-8-9-18(14-5-3-2-4-13(14)17)24(21,22)20-10-12-6-7-16(19)15(12)11-20/h2-5,8-9,12,15-16H,6-7,10-11,19H2,1H3. The molecule has 1 heterocycles. The zero-order chi connectivity index (χ0) is 16.9. The highest BCUT2D eigenvalue weighted by atomic mass is 32.2. The van der Waals surface area contributed by atoms with Crippen molar-refractivity contribution in [2.45, 2.75) is 23.8 Å². The van der Waals surface area contributed by atoms with Gasteiger partial charge in [-0.1, -0.05) is 24.3 Å². The Labute approximate surface area is 142 Å². The second-order valence-corrected chi connectivity index (χ2v) is 8.71. The third-order valence-electron chi connectivity index (χ3n) is 5.56. The monoisotopic (exact) mass is 346 g/mol. The molecule has 3 atom stereocenters. The van der Waals surface area contributed by atoms with E-state index in [0.717, 1.165) is 18.2 Å². The molecule has 0 spiro atoms. The van der Waals surface area contributed by atoms with Crippen LogP contribution >= 0.6 is 0 Å². The topological polar surface area (TPSA) is 72.6 Å². The summed E-state index contributed by atoms with van der Waals surface area (Å²) in [6.07, 6.45) is 2.04. The lowest BCUT2D eigenvalue weighted by atomic mass is 9.98. The van der Waals surface area contributed by atoms with Crippen molar-refractivity contribution in [1.29, 1.82) is 0 Å². The molecule has 1 aliphatic carbocycles. The van der Waals surface area contributed by atoms with E-state index >= 15 is 0 Å². The van der Waals surface area contributed by atoms with E-state index in [4.69, 9.17) is 10.5 Å². The lowest BCUT2D eigenvalue weighted by Gasteiger charge is -2.20. The van der Waals surface area contributed by atoms with E-state index in [1.807, 2.05) is 24.3 Å². The third-order valence-corrected chi connectivity index (χ3v) is 7.45. The van der Waals surface area contributed by atoms with Gasteiger partial charge in [-0.25, -0.2) is 8.42 Å². The van der Waals surface area contributed by atoms with E-state index < -0.39 is 10.0 Å². The van der Waals surface area contributed by atoms with Crippen LogP contribution < -0.4 is 10.5 Å². The summed E-state index contributed by atoms with van der Waals surface area (Å²) < 4.78 is 33.5. The van der Waals surface area contributed by atoms with Crippen LogP contribution in [0.25, 0.3) is 10.8 Å². The van der Waals surface area contributed by atoms with E-state index in [0.29, 0.717) is 41.0 Å². The second-order valence-electron chi connectivity index (χ2n) is 6.80. The Bertz CT molecular complexity index is 881. The molecule has 1 aliphatic heterocycles. The van der Waals surface area contributed by atoms with Crippen molar-refractivity contribution in [1.82, 2.24) is 4.31 Å². The van der Waals surface area contributed by atoms with Crippen molar-refractivity contribution >= 4 is 20.8 Å². The van der Waals surface area contributed by atoms with Gasteiger partial charge in [0.2, 0.25) is 10.0 Å². The summed E-state index contributed by atoms with van der Waals surface area (Å²) in [4.78, 5) is 0.354. The molecule has 1 saturated heterocycles. The summed E-state index contributed by atoms with van der Waals surface area (Å²) >= 11 is 0. The van der Waals surface area contributed by atoms with Crippen molar-refractivity contribution in [3.8, 4) is 5.75 Å². The van der Waals surface area contributed by atoms with Crippen molar-refractivity contribution in [3.05, 3.63) is 36.4 Å². The highest BCUT2D eigenvalue weighted by Crippen LogP contribution is 2.40. The van der Waals surface area contributed by atoms with Crippen LogP contribution in [-0.4, -0.2) is 39.0 Å². The Morgan fingerprint density at radius 3 is 2.54 bits per heavy atom. The first kappa shape index (κ1) is 15.9. The van der Waals surface area contributed by atoms with Crippen LogP contribution in [0.3, 0.4) is 0 Å². The number of nitrogens with zero attached hydrogens (tertiary/aromatic N) is 1. The van der Waals surface area contributed by atoms with Gasteiger partial charge in [0.15, 0.2) is 0 Å². The molecule has 4 rings (SSSR count). The number of fused-ring (bicyclic) bond motifs is 2. The molecular weight excluding hydrogens is 324 g/mol. The van der Waals surface area contributed by atoms with Crippen LogP contribution in [-0.2, 0) is 10.0 Å². The number of hydrogen-bond acceptors (Lipinski definition) is 4. The van der Waals surface area contributed by atoms with Crippen LogP contribution in [0.1, 0.15) is 12.8 Å². The van der Waals surface area contributed by atoms with Crippen LogP contribution in [0.2, 0.25) is 0 Å². The van der Waals surface area contributed by atoms with Crippen molar-refractivity contribution in [2.75, 3.05) is 20.2 Å². The first-order valence-corrected chi connectivity index (χ1v) is 9.78. The summed E-state index contributed by atoms with van der Waals surface area (Å²) in [5.74, 6) is 1.38. The summed E-state index contributed by atoms with van der Waals surface area (Å²) in [6.45, 7) is 1.12. The molecule has 24 heavy (non-hydrogen) atoms. The Hall–Kier alpha value is -1.63. The van der Waals surface area contributed by atoms with Gasteiger partial charge >= 0.3 is 0 Å². The van der Waals surface area contributed by atoms with Crippen LogP contribution in [0.5, 0.6) is 5.75 Å². The average Bonchev–Trinajstić information content (AvgIpc) is 3.16. The van der Waals surface area contributed by atoms with E-state index in [-0.39, 0.29) is 6.04 Å². The average molecular weight is 346 g/mol. The quantitative estimate of drug-likeness (QED) is 0.925. The minimum absolute atomic E-state index is 0.128. The molecule has 0 radical (unpaired) electrons. The molecule has 1 saturated carbocycles. The number of sulfonamides is 1. The zero-order valence-electron chi connectivity index (χ0n) is 13.7. The third kappa shape index (κ3) is 2.32. The lowest BCUT2D eigenvalue weighted by molar-refractivity contribution is 0.419. The van der Waals surface area contributed by atoms with Gasteiger partial charge in [-0.2, -0.15) is 4.31 Å². The Morgan fingerprint density at radius 2 is 1.83 bits per heavy atom. The molecule has 2 N–H and O–H groups in total. The van der Waals surface area contributed by atoms with Crippen molar-refractivity contribution in [3.63, 3.8) is 0 Å². The Kier molecular flexibility index (Phi) is 3.78. The molecule has 0 aromatic heterocycles. The minimum atomic E-state index is -3.53. The smallest absolute Gasteiger partial charge is 0.243 e. The fraction of sp³-hybridized carbons (Fsp3) is 0.444. The van der Waals surface area contributed by atoms with E-state index in [1.54, 1.807) is 23.5 Å². The normalized spacial score (nSPS) is 27.5. The van der Waals surface area contributed by atoms with Gasteiger partial charge in [0.1, 0.15) is 5.75 Å². The molecular formula is C18H22N2O3S. The molecule has 2 aromatic rings. The van der Waals surface area contributed by atoms with Gasteiger partial charge in [0.25, 0.3) is 0 Å². The molecule has 2 aliphatic rings. The number of nitrogens with two attached hydrogens (primary N) is 1. The number of rotatable bonds is 3. The molecule has 2 fully saturated rings. The maximum absolute atomic E-state index is 13.2. The Balaban J connectivity index is 1.77. The summed E-state index contributed by atoms with van der Waals surface area (Å²) in [7, 11) is -1.94. The van der Waals surface area contributed by atoms with Gasteiger partial charge < -0.3 is 10.5 Å².